The summed E-state index contributed by atoms with van der Waals surface area (Å²) in [7, 11) is 0. The van der Waals surface area contributed by atoms with Crippen LogP contribution in [-0.2, 0) is 19.0 Å². The van der Waals surface area contributed by atoms with E-state index in [1.54, 1.807) is 0 Å². The van der Waals surface area contributed by atoms with Gasteiger partial charge in [-0.2, -0.15) is 0 Å². The molecular weight excluding hydrogens is 184 g/mol. The predicted molar refractivity (Wildman–Crippen MR) is 46.7 cm³/mol. The van der Waals surface area contributed by atoms with Crippen molar-refractivity contribution in [1.29, 1.82) is 0 Å². The molecule has 3 heterocycles. The molecule has 3 aliphatic heterocycles. The molecule has 0 aromatic heterocycles. The van der Waals surface area contributed by atoms with Gasteiger partial charge >= 0.3 is 0 Å². The maximum absolute atomic E-state index is 11.3. The van der Waals surface area contributed by atoms with E-state index in [1.165, 1.54) is 0 Å². The number of rotatable bonds is 0. The fourth-order valence-electron chi connectivity index (χ4n) is 2.63. The van der Waals surface area contributed by atoms with Gasteiger partial charge in [0.1, 0.15) is 18.0 Å². The Hall–Kier alpha value is -0.450. The highest BCUT2D eigenvalue weighted by Gasteiger charge is 2.57. The molecule has 3 fully saturated rings. The monoisotopic (exact) mass is 198 g/mol. The van der Waals surface area contributed by atoms with Crippen LogP contribution in [0.15, 0.2) is 0 Å². The zero-order valence-corrected chi connectivity index (χ0v) is 8.36. The Balaban J connectivity index is 1.87. The maximum atomic E-state index is 11.3. The normalized spacial score (nSPS) is 49.4. The Morgan fingerprint density at radius 3 is 2.14 bits per heavy atom. The molecule has 0 aromatic rings. The number of fused-ring (bicyclic) bond motifs is 5. The molecule has 78 valence electrons. The number of hydrogen-bond acceptors (Lipinski definition) is 4. The summed E-state index contributed by atoms with van der Waals surface area (Å²) in [6.07, 6.45) is 0.734. The van der Waals surface area contributed by atoms with E-state index in [9.17, 15) is 4.79 Å². The van der Waals surface area contributed by atoms with Crippen LogP contribution in [-0.4, -0.2) is 36.0 Å². The molecule has 0 N–H and O–H groups in total. The van der Waals surface area contributed by atoms with Crippen molar-refractivity contribution in [2.75, 3.05) is 0 Å². The molecule has 0 radical (unpaired) electrons. The van der Waals surface area contributed by atoms with Crippen molar-refractivity contribution in [2.45, 2.75) is 56.9 Å². The van der Waals surface area contributed by atoms with Gasteiger partial charge in [0, 0.05) is 12.8 Å². The summed E-state index contributed by atoms with van der Waals surface area (Å²) in [5, 5.41) is 0. The topological polar surface area (TPSA) is 44.8 Å². The lowest BCUT2D eigenvalue weighted by molar-refractivity contribution is -0.194. The van der Waals surface area contributed by atoms with Crippen molar-refractivity contribution < 1.29 is 19.0 Å². The maximum Gasteiger partial charge on any atom is 0.164 e. The number of carbonyl (C=O) groups is 1. The van der Waals surface area contributed by atoms with Crippen LogP contribution in [0.25, 0.3) is 0 Å². The molecule has 3 aliphatic rings. The summed E-state index contributed by atoms with van der Waals surface area (Å²) in [6.45, 7) is 3.81. The Morgan fingerprint density at radius 1 is 1.14 bits per heavy atom. The highest BCUT2D eigenvalue weighted by atomic mass is 16.8. The number of Topliss-reactive ketones (excluding diaryl/α,β-unsaturated/α-hetero) is 1. The smallest absolute Gasteiger partial charge is 0.164 e. The van der Waals surface area contributed by atoms with Gasteiger partial charge in [0.05, 0.1) is 12.2 Å². The first-order valence-corrected chi connectivity index (χ1v) is 5.08. The van der Waals surface area contributed by atoms with Crippen LogP contribution in [0.1, 0.15) is 26.7 Å². The molecule has 0 saturated carbocycles. The first-order valence-electron chi connectivity index (χ1n) is 5.08. The van der Waals surface area contributed by atoms with E-state index in [4.69, 9.17) is 14.2 Å². The molecule has 4 heteroatoms. The van der Waals surface area contributed by atoms with E-state index in [1.807, 2.05) is 13.8 Å². The standard InChI is InChI=1S/C10H14O4/c1-10(2)13-8-6-3-5(11)4-7(12-6)9(8)14-10/h6-9H,3-4H2,1-2H3/t6-,7+,8+,9-. The van der Waals surface area contributed by atoms with Gasteiger partial charge in [0.25, 0.3) is 0 Å². The highest BCUT2D eigenvalue weighted by molar-refractivity contribution is 5.80. The van der Waals surface area contributed by atoms with Gasteiger partial charge in [-0.25, -0.2) is 0 Å². The fourth-order valence-corrected chi connectivity index (χ4v) is 2.63. The summed E-state index contributed by atoms with van der Waals surface area (Å²) in [5.74, 6) is -0.249. The second-order valence-electron chi connectivity index (χ2n) is 4.72. The van der Waals surface area contributed by atoms with Gasteiger partial charge < -0.3 is 14.2 Å². The van der Waals surface area contributed by atoms with Gasteiger partial charge in [-0.05, 0) is 13.8 Å². The zero-order chi connectivity index (χ0) is 9.92. The summed E-state index contributed by atoms with van der Waals surface area (Å²) in [5.41, 5.74) is 0. The lowest BCUT2D eigenvalue weighted by Crippen LogP contribution is -2.34. The van der Waals surface area contributed by atoms with Crippen molar-refractivity contribution in [1.82, 2.24) is 0 Å². The summed E-state index contributed by atoms with van der Waals surface area (Å²) in [6, 6.07) is 0. The van der Waals surface area contributed by atoms with E-state index >= 15 is 0 Å². The highest BCUT2D eigenvalue weighted by Crippen LogP contribution is 2.43. The Kier molecular flexibility index (Phi) is 1.62. The van der Waals surface area contributed by atoms with Crippen LogP contribution < -0.4 is 0 Å². The SMILES string of the molecule is CC1(C)O[C@@H]2[C@H](O1)[C@@H]1CC(=O)C[C@H]2O1. The van der Waals surface area contributed by atoms with Crippen LogP contribution in [0.4, 0.5) is 0 Å². The fraction of sp³-hybridized carbons (Fsp3) is 0.900. The average molecular weight is 198 g/mol. The van der Waals surface area contributed by atoms with Crippen LogP contribution in [0.5, 0.6) is 0 Å². The predicted octanol–water partition coefficient (Wildman–Crippen LogP) is 0.637. The number of ether oxygens (including phenoxy) is 3. The van der Waals surface area contributed by atoms with Crippen molar-refractivity contribution in [3.8, 4) is 0 Å². The Bertz CT molecular complexity index is 262. The van der Waals surface area contributed by atoms with Crippen LogP contribution in [0, 0.1) is 0 Å². The zero-order valence-electron chi connectivity index (χ0n) is 8.36. The molecule has 0 spiro atoms. The van der Waals surface area contributed by atoms with E-state index in [-0.39, 0.29) is 30.2 Å². The van der Waals surface area contributed by atoms with Crippen molar-refractivity contribution in [2.24, 2.45) is 0 Å². The number of carbonyl (C=O) groups excluding carboxylic acids is 1. The van der Waals surface area contributed by atoms with E-state index in [2.05, 4.69) is 0 Å². The lowest BCUT2D eigenvalue weighted by atomic mass is 10.1. The molecule has 0 unspecified atom stereocenters. The summed E-state index contributed by atoms with van der Waals surface area (Å²) >= 11 is 0. The lowest BCUT2D eigenvalue weighted by Gasteiger charge is -2.26. The third-order valence-corrected chi connectivity index (χ3v) is 3.10. The second-order valence-corrected chi connectivity index (χ2v) is 4.72. The molecule has 3 saturated heterocycles. The number of hydrogen-bond donors (Lipinski definition) is 0. The molecule has 14 heavy (non-hydrogen) atoms. The van der Waals surface area contributed by atoms with E-state index in [0.717, 1.165) is 0 Å². The van der Waals surface area contributed by atoms with Gasteiger partial charge in [-0.3, -0.25) is 4.79 Å². The van der Waals surface area contributed by atoms with E-state index < -0.39 is 5.79 Å². The molecule has 0 aromatic carbocycles. The Morgan fingerprint density at radius 2 is 1.64 bits per heavy atom. The summed E-state index contributed by atoms with van der Waals surface area (Å²) in [4.78, 5) is 11.3. The second kappa shape index (κ2) is 2.56. The third kappa shape index (κ3) is 1.14. The number of ketones is 1. The minimum Gasteiger partial charge on any atom is -0.368 e. The molecular formula is C10H14O4. The molecule has 0 amide bonds. The van der Waals surface area contributed by atoms with Crippen molar-refractivity contribution in [3.05, 3.63) is 0 Å². The largest absolute Gasteiger partial charge is 0.368 e. The quantitative estimate of drug-likeness (QED) is 0.573. The average Bonchev–Trinajstić information content (AvgIpc) is 2.49. The first kappa shape index (κ1) is 8.83. The minimum absolute atomic E-state index is 0.0403. The van der Waals surface area contributed by atoms with Crippen molar-refractivity contribution >= 4 is 5.78 Å². The van der Waals surface area contributed by atoms with Gasteiger partial charge in [-0.15, -0.1) is 0 Å². The molecule has 2 bridgehead atoms. The minimum atomic E-state index is -0.518. The summed E-state index contributed by atoms with van der Waals surface area (Å²) < 4.78 is 17.1. The van der Waals surface area contributed by atoms with Gasteiger partial charge in [0.15, 0.2) is 5.79 Å². The van der Waals surface area contributed by atoms with Crippen molar-refractivity contribution in [3.63, 3.8) is 0 Å². The first-order chi connectivity index (χ1) is 6.55. The molecule has 0 aliphatic carbocycles. The van der Waals surface area contributed by atoms with Crippen LogP contribution in [0.2, 0.25) is 0 Å². The van der Waals surface area contributed by atoms with Crippen LogP contribution in [0.3, 0.4) is 0 Å². The molecule has 4 atom stereocenters. The molecule has 3 rings (SSSR count). The molecule has 4 nitrogen and oxygen atoms in total. The Labute approximate surface area is 82.5 Å². The van der Waals surface area contributed by atoms with E-state index in [0.29, 0.717) is 12.8 Å². The van der Waals surface area contributed by atoms with Gasteiger partial charge in [-0.1, -0.05) is 0 Å². The van der Waals surface area contributed by atoms with Gasteiger partial charge in [0.2, 0.25) is 0 Å². The van der Waals surface area contributed by atoms with Crippen LogP contribution >= 0.6 is 0 Å². The third-order valence-electron chi connectivity index (χ3n) is 3.10.